The van der Waals surface area contributed by atoms with Crippen LogP contribution < -0.4 is 18.9 Å². The van der Waals surface area contributed by atoms with E-state index in [9.17, 15) is 5.11 Å². The molecule has 144 valence electrons. The molecule has 4 rings (SSSR count). The predicted octanol–water partition coefficient (Wildman–Crippen LogP) is 3.18. The van der Waals surface area contributed by atoms with Crippen molar-refractivity contribution in [3.05, 3.63) is 28.8 Å². The van der Waals surface area contributed by atoms with Crippen LogP contribution in [0.5, 0.6) is 28.7 Å². The van der Waals surface area contributed by atoms with Crippen LogP contribution in [-0.4, -0.2) is 52.0 Å². The number of aromatic hydroxyl groups is 1. The van der Waals surface area contributed by atoms with Crippen LogP contribution in [0.4, 0.5) is 0 Å². The van der Waals surface area contributed by atoms with Crippen molar-refractivity contribution in [3.8, 4) is 39.9 Å². The smallest absolute Gasteiger partial charge is 0.204 e. The van der Waals surface area contributed by atoms with E-state index < -0.39 is 0 Å². The van der Waals surface area contributed by atoms with Gasteiger partial charge in [0.15, 0.2) is 23.0 Å². The molecule has 2 aliphatic rings. The normalized spacial score (nSPS) is 17.7. The van der Waals surface area contributed by atoms with Gasteiger partial charge in [-0.2, -0.15) is 0 Å². The Morgan fingerprint density at radius 1 is 0.963 bits per heavy atom. The van der Waals surface area contributed by atoms with Gasteiger partial charge in [0.1, 0.15) is 0 Å². The molecule has 2 aromatic carbocycles. The Hall–Kier alpha value is -2.60. The topological polar surface area (TPSA) is 60.4 Å². The highest BCUT2D eigenvalue weighted by Crippen LogP contribution is 2.57. The summed E-state index contributed by atoms with van der Waals surface area (Å²) in [5, 5.41) is 10.3. The highest BCUT2D eigenvalue weighted by Gasteiger charge is 2.39. The Kier molecular flexibility index (Phi) is 4.30. The average Bonchev–Trinajstić information content (AvgIpc) is 2.68. The molecule has 0 amide bonds. The Balaban J connectivity index is 2.13. The third-order valence-corrected chi connectivity index (χ3v) is 5.79. The van der Waals surface area contributed by atoms with Gasteiger partial charge in [-0.3, -0.25) is 4.90 Å². The maximum atomic E-state index is 10.3. The van der Waals surface area contributed by atoms with Crippen LogP contribution >= 0.6 is 0 Å². The Labute approximate surface area is 159 Å². The van der Waals surface area contributed by atoms with Gasteiger partial charge in [0, 0.05) is 23.7 Å². The van der Waals surface area contributed by atoms with Gasteiger partial charge in [0.05, 0.1) is 28.4 Å². The number of rotatable bonds is 4. The van der Waals surface area contributed by atoms with Crippen molar-refractivity contribution in [2.24, 2.45) is 0 Å². The summed E-state index contributed by atoms with van der Waals surface area (Å²) in [4.78, 5) is 2.35. The second-order valence-electron chi connectivity index (χ2n) is 7.00. The molecule has 1 aliphatic heterocycles. The molecular weight excluding hydrogens is 346 g/mol. The van der Waals surface area contributed by atoms with Gasteiger partial charge < -0.3 is 24.1 Å². The first kappa shape index (κ1) is 17.8. The van der Waals surface area contributed by atoms with Crippen molar-refractivity contribution in [1.82, 2.24) is 4.90 Å². The van der Waals surface area contributed by atoms with E-state index in [2.05, 4.69) is 11.9 Å². The van der Waals surface area contributed by atoms with Gasteiger partial charge in [-0.05, 0) is 48.7 Å². The van der Waals surface area contributed by atoms with E-state index in [0.29, 0.717) is 17.2 Å². The van der Waals surface area contributed by atoms with Gasteiger partial charge in [-0.25, -0.2) is 0 Å². The van der Waals surface area contributed by atoms with Crippen molar-refractivity contribution in [2.45, 2.75) is 18.9 Å². The first-order valence-electron chi connectivity index (χ1n) is 9.00. The van der Waals surface area contributed by atoms with Crippen LogP contribution in [0.2, 0.25) is 0 Å². The van der Waals surface area contributed by atoms with Crippen molar-refractivity contribution in [1.29, 1.82) is 0 Å². The molecule has 0 radical (unpaired) electrons. The fraction of sp³-hybridized carbons (Fsp3) is 0.429. The zero-order chi connectivity index (χ0) is 19.3. The Bertz CT molecular complexity index is 908. The van der Waals surface area contributed by atoms with Gasteiger partial charge in [0.25, 0.3) is 0 Å². The van der Waals surface area contributed by atoms with Crippen LogP contribution in [0, 0.1) is 0 Å². The number of phenols is 1. The van der Waals surface area contributed by atoms with E-state index in [1.807, 2.05) is 6.07 Å². The fourth-order valence-corrected chi connectivity index (χ4v) is 4.54. The molecule has 0 aromatic heterocycles. The molecular formula is C21H25NO5. The molecule has 1 heterocycles. The molecule has 1 atom stereocenters. The molecule has 27 heavy (non-hydrogen) atoms. The molecule has 1 aliphatic carbocycles. The largest absolute Gasteiger partial charge is 0.504 e. The average molecular weight is 371 g/mol. The van der Waals surface area contributed by atoms with Crippen molar-refractivity contribution < 1.29 is 24.1 Å². The molecule has 6 nitrogen and oxygen atoms in total. The van der Waals surface area contributed by atoms with Crippen molar-refractivity contribution in [2.75, 3.05) is 42.0 Å². The van der Waals surface area contributed by atoms with Crippen molar-refractivity contribution >= 4 is 0 Å². The van der Waals surface area contributed by atoms with Crippen LogP contribution in [0.15, 0.2) is 12.1 Å². The SMILES string of the molecule is COc1cc2c(cc1O)C[C@H]1c3c(c(OC)c(OC)c(OC)c3-2)CCN1C. The Morgan fingerprint density at radius 3 is 2.30 bits per heavy atom. The van der Waals surface area contributed by atoms with Gasteiger partial charge in [-0.1, -0.05) is 0 Å². The number of hydrogen-bond acceptors (Lipinski definition) is 6. The number of nitrogens with zero attached hydrogens (tertiary/aromatic N) is 1. The first-order chi connectivity index (χ1) is 13.0. The summed E-state index contributed by atoms with van der Waals surface area (Å²) in [6, 6.07) is 3.88. The molecule has 0 fully saturated rings. The number of ether oxygens (including phenoxy) is 4. The molecule has 2 aromatic rings. The fourth-order valence-electron chi connectivity index (χ4n) is 4.54. The lowest BCUT2D eigenvalue weighted by Crippen LogP contribution is -2.36. The van der Waals surface area contributed by atoms with Gasteiger partial charge in [-0.15, -0.1) is 0 Å². The minimum atomic E-state index is 0.151. The Morgan fingerprint density at radius 2 is 1.67 bits per heavy atom. The lowest BCUT2D eigenvalue weighted by atomic mass is 9.76. The van der Waals surface area contributed by atoms with E-state index in [-0.39, 0.29) is 11.8 Å². The summed E-state index contributed by atoms with van der Waals surface area (Å²) < 4.78 is 22.6. The molecule has 0 unspecified atom stereocenters. The summed E-state index contributed by atoms with van der Waals surface area (Å²) in [6.45, 7) is 0.931. The maximum absolute atomic E-state index is 10.3. The molecule has 6 heteroatoms. The summed E-state index contributed by atoms with van der Waals surface area (Å²) in [6.07, 6.45) is 1.69. The molecule has 0 spiro atoms. The second kappa shape index (κ2) is 6.53. The summed E-state index contributed by atoms with van der Waals surface area (Å²) in [5.41, 5.74) is 5.46. The third-order valence-electron chi connectivity index (χ3n) is 5.79. The second-order valence-corrected chi connectivity index (χ2v) is 7.00. The number of benzene rings is 2. The van der Waals surface area contributed by atoms with Crippen LogP contribution in [0.3, 0.4) is 0 Å². The van der Waals surface area contributed by atoms with Crippen LogP contribution in [-0.2, 0) is 12.8 Å². The van der Waals surface area contributed by atoms with Gasteiger partial charge >= 0.3 is 0 Å². The minimum absolute atomic E-state index is 0.151. The number of phenolic OH excluding ortho intramolecular Hbond substituents is 1. The number of hydrogen-bond donors (Lipinski definition) is 1. The minimum Gasteiger partial charge on any atom is -0.504 e. The lowest BCUT2D eigenvalue weighted by Gasteiger charge is -2.41. The summed E-state index contributed by atoms with van der Waals surface area (Å²) in [7, 11) is 8.64. The monoisotopic (exact) mass is 371 g/mol. The molecule has 1 N–H and O–H groups in total. The van der Waals surface area contributed by atoms with Crippen LogP contribution in [0.1, 0.15) is 22.7 Å². The van der Waals surface area contributed by atoms with E-state index in [1.54, 1.807) is 34.5 Å². The van der Waals surface area contributed by atoms with E-state index >= 15 is 0 Å². The zero-order valence-electron chi connectivity index (χ0n) is 16.4. The maximum Gasteiger partial charge on any atom is 0.204 e. The number of likely N-dealkylation sites (N-methyl/N-ethyl adjacent to an activating group) is 1. The van der Waals surface area contributed by atoms with E-state index in [0.717, 1.165) is 41.8 Å². The molecule has 0 saturated heterocycles. The van der Waals surface area contributed by atoms with Crippen molar-refractivity contribution in [3.63, 3.8) is 0 Å². The summed E-state index contributed by atoms with van der Waals surface area (Å²) >= 11 is 0. The summed E-state index contributed by atoms with van der Waals surface area (Å²) in [5.74, 6) is 2.61. The lowest BCUT2D eigenvalue weighted by molar-refractivity contribution is 0.222. The van der Waals surface area contributed by atoms with E-state index in [4.69, 9.17) is 18.9 Å². The first-order valence-corrected chi connectivity index (χ1v) is 9.00. The van der Waals surface area contributed by atoms with Crippen LogP contribution in [0.25, 0.3) is 11.1 Å². The van der Waals surface area contributed by atoms with E-state index in [1.165, 1.54) is 11.1 Å². The number of fused-ring (bicyclic) bond motifs is 2. The highest BCUT2D eigenvalue weighted by molar-refractivity contribution is 5.87. The zero-order valence-corrected chi connectivity index (χ0v) is 16.4. The number of methoxy groups -OCH3 is 4. The highest BCUT2D eigenvalue weighted by atomic mass is 16.5. The molecule has 0 saturated carbocycles. The predicted molar refractivity (Wildman–Crippen MR) is 103 cm³/mol. The quantitative estimate of drug-likeness (QED) is 0.891. The standard InChI is InChI=1S/C21H25NO5/c1-22-7-6-12-17-14(22)8-11-9-15(23)16(24-2)10-13(11)18(17)20(26-4)21(27-5)19(12)25-3/h9-10,14,23H,6-8H2,1-5H3/t14-/m0/s1. The third kappa shape index (κ3) is 2.43. The molecule has 0 bridgehead atoms. The van der Waals surface area contributed by atoms with Gasteiger partial charge in [0.2, 0.25) is 5.75 Å².